The van der Waals surface area contributed by atoms with Crippen LogP contribution in [0.4, 0.5) is 4.39 Å². The molecule has 4 rings (SSSR count). The second kappa shape index (κ2) is 9.65. The van der Waals surface area contributed by atoms with Crippen LogP contribution in [0, 0.1) is 5.82 Å². The minimum absolute atomic E-state index is 0.0285. The standard InChI is InChI=1S/C24H27FN4O4S/c1-16-14-29(15-17(2)33-16)34(31,32)21-9-5-7-19(13-21)24(30)27-22(23-26-10-11-28(23)3)18-6-4-8-20(25)12-18/h4-13,16-17,22H,14-15H2,1-3H3,(H,27,30)/t16-,17-,22-/m1/s1. The molecule has 3 aromatic rings. The van der Waals surface area contributed by atoms with E-state index in [1.807, 2.05) is 13.8 Å². The minimum atomic E-state index is -3.81. The number of rotatable bonds is 6. The number of sulfonamides is 1. The normalized spacial score (nSPS) is 20.1. The first-order valence-corrected chi connectivity index (χ1v) is 12.4. The van der Waals surface area contributed by atoms with Crippen molar-refractivity contribution in [3.05, 3.63) is 83.7 Å². The molecule has 1 aromatic heterocycles. The first kappa shape index (κ1) is 24.1. The van der Waals surface area contributed by atoms with Crippen LogP contribution >= 0.6 is 0 Å². The van der Waals surface area contributed by atoms with Crippen molar-refractivity contribution in [3.63, 3.8) is 0 Å². The lowest BCUT2D eigenvalue weighted by Gasteiger charge is -2.34. The molecule has 0 bridgehead atoms. The maximum Gasteiger partial charge on any atom is 0.252 e. The van der Waals surface area contributed by atoms with Crippen LogP contribution in [0.5, 0.6) is 0 Å². The predicted molar refractivity (Wildman–Crippen MR) is 124 cm³/mol. The Balaban J connectivity index is 1.63. The van der Waals surface area contributed by atoms with Gasteiger partial charge in [-0.3, -0.25) is 4.79 Å². The molecule has 1 fully saturated rings. The summed E-state index contributed by atoms with van der Waals surface area (Å²) in [6.45, 7) is 4.13. The highest BCUT2D eigenvalue weighted by Crippen LogP contribution is 2.24. The van der Waals surface area contributed by atoms with E-state index in [4.69, 9.17) is 4.74 Å². The number of imidazole rings is 1. The fraction of sp³-hybridized carbons (Fsp3) is 0.333. The summed E-state index contributed by atoms with van der Waals surface area (Å²) in [5, 5.41) is 2.88. The maximum atomic E-state index is 13.9. The number of nitrogens with zero attached hydrogens (tertiary/aromatic N) is 3. The number of amides is 1. The molecule has 180 valence electrons. The van der Waals surface area contributed by atoms with Crippen LogP contribution in [-0.2, 0) is 21.8 Å². The van der Waals surface area contributed by atoms with Crippen LogP contribution < -0.4 is 5.32 Å². The third kappa shape index (κ3) is 5.03. The van der Waals surface area contributed by atoms with Gasteiger partial charge in [0.1, 0.15) is 17.7 Å². The minimum Gasteiger partial charge on any atom is -0.373 e. The van der Waals surface area contributed by atoms with Gasteiger partial charge in [0, 0.05) is 38.1 Å². The van der Waals surface area contributed by atoms with E-state index in [0.717, 1.165) is 0 Å². The fourth-order valence-electron chi connectivity index (χ4n) is 4.13. The number of aryl methyl sites for hydroxylation is 1. The fourth-order valence-corrected chi connectivity index (χ4v) is 5.76. The average molecular weight is 487 g/mol. The molecular weight excluding hydrogens is 459 g/mol. The van der Waals surface area contributed by atoms with E-state index in [9.17, 15) is 17.6 Å². The van der Waals surface area contributed by atoms with E-state index in [1.54, 1.807) is 42.2 Å². The Kier molecular flexibility index (Phi) is 6.83. The van der Waals surface area contributed by atoms with Crippen molar-refractivity contribution >= 4 is 15.9 Å². The molecule has 0 aliphatic carbocycles. The lowest BCUT2D eigenvalue weighted by Crippen LogP contribution is -2.48. The molecule has 0 radical (unpaired) electrons. The number of aromatic nitrogens is 2. The third-order valence-electron chi connectivity index (χ3n) is 5.69. The van der Waals surface area contributed by atoms with Gasteiger partial charge in [-0.2, -0.15) is 4.31 Å². The summed E-state index contributed by atoms with van der Waals surface area (Å²) in [6, 6.07) is 11.1. The van der Waals surface area contributed by atoms with E-state index in [0.29, 0.717) is 11.4 Å². The van der Waals surface area contributed by atoms with Crippen molar-refractivity contribution < 1.29 is 22.3 Å². The molecule has 1 saturated heterocycles. The van der Waals surface area contributed by atoms with Gasteiger partial charge < -0.3 is 14.6 Å². The first-order chi connectivity index (χ1) is 16.1. The van der Waals surface area contributed by atoms with Crippen molar-refractivity contribution in [2.45, 2.75) is 37.0 Å². The van der Waals surface area contributed by atoms with Crippen molar-refractivity contribution in [3.8, 4) is 0 Å². The van der Waals surface area contributed by atoms with Gasteiger partial charge in [0.15, 0.2) is 0 Å². The molecule has 1 amide bonds. The number of benzene rings is 2. The second-order valence-electron chi connectivity index (χ2n) is 8.46. The summed E-state index contributed by atoms with van der Waals surface area (Å²) in [4.78, 5) is 17.5. The zero-order valence-corrected chi connectivity index (χ0v) is 20.0. The molecule has 2 heterocycles. The summed E-state index contributed by atoms with van der Waals surface area (Å²) < 4.78 is 49.2. The van der Waals surface area contributed by atoms with Crippen LogP contribution in [0.25, 0.3) is 0 Å². The molecule has 0 unspecified atom stereocenters. The second-order valence-corrected chi connectivity index (χ2v) is 10.4. The molecule has 3 atom stereocenters. The third-order valence-corrected chi connectivity index (χ3v) is 7.52. The molecule has 2 aromatic carbocycles. The largest absolute Gasteiger partial charge is 0.373 e. The molecule has 1 N–H and O–H groups in total. The van der Waals surface area contributed by atoms with Crippen molar-refractivity contribution in [2.24, 2.45) is 7.05 Å². The Morgan fingerprint density at radius 1 is 1.15 bits per heavy atom. The Hall–Kier alpha value is -3.08. The van der Waals surface area contributed by atoms with Gasteiger partial charge in [-0.25, -0.2) is 17.8 Å². The lowest BCUT2D eigenvalue weighted by atomic mass is 10.0. The van der Waals surface area contributed by atoms with Gasteiger partial charge in [-0.1, -0.05) is 18.2 Å². The quantitative estimate of drug-likeness (QED) is 0.578. The van der Waals surface area contributed by atoms with E-state index in [-0.39, 0.29) is 35.8 Å². The molecule has 1 aliphatic heterocycles. The first-order valence-electron chi connectivity index (χ1n) is 10.9. The molecule has 0 spiro atoms. The van der Waals surface area contributed by atoms with Crippen LogP contribution in [0.1, 0.15) is 41.6 Å². The highest BCUT2D eigenvalue weighted by molar-refractivity contribution is 7.89. The topological polar surface area (TPSA) is 93.5 Å². The van der Waals surface area contributed by atoms with Gasteiger partial charge in [0.25, 0.3) is 5.91 Å². The van der Waals surface area contributed by atoms with Gasteiger partial charge in [-0.15, -0.1) is 0 Å². The Bertz CT molecular complexity index is 1280. The number of ether oxygens (including phenoxy) is 1. The van der Waals surface area contributed by atoms with E-state index >= 15 is 0 Å². The van der Waals surface area contributed by atoms with Gasteiger partial charge in [-0.05, 0) is 49.7 Å². The number of carbonyl (C=O) groups is 1. The molecule has 8 nitrogen and oxygen atoms in total. The van der Waals surface area contributed by atoms with Crippen LogP contribution in [0.3, 0.4) is 0 Å². The molecule has 34 heavy (non-hydrogen) atoms. The molecular formula is C24H27FN4O4S. The van der Waals surface area contributed by atoms with Gasteiger partial charge in [0.2, 0.25) is 10.0 Å². The highest BCUT2D eigenvalue weighted by atomic mass is 32.2. The van der Waals surface area contributed by atoms with Crippen LogP contribution in [-0.4, -0.2) is 53.5 Å². The van der Waals surface area contributed by atoms with E-state index < -0.39 is 27.8 Å². The number of halogens is 1. The van der Waals surface area contributed by atoms with Crippen LogP contribution in [0.15, 0.2) is 65.8 Å². The number of nitrogens with one attached hydrogen (secondary N) is 1. The number of carbonyl (C=O) groups excluding carboxylic acids is 1. The number of hydrogen-bond acceptors (Lipinski definition) is 5. The van der Waals surface area contributed by atoms with Crippen molar-refractivity contribution in [2.75, 3.05) is 13.1 Å². The zero-order valence-electron chi connectivity index (χ0n) is 19.2. The lowest BCUT2D eigenvalue weighted by molar-refractivity contribution is -0.0440. The van der Waals surface area contributed by atoms with E-state index in [2.05, 4.69) is 10.3 Å². The maximum absolute atomic E-state index is 13.9. The van der Waals surface area contributed by atoms with Gasteiger partial charge in [0.05, 0.1) is 17.1 Å². The molecule has 0 saturated carbocycles. The Morgan fingerprint density at radius 2 is 1.85 bits per heavy atom. The van der Waals surface area contributed by atoms with E-state index in [1.165, 1.54) is 34.6 Å². The molecule has 10 heteroatoms. The summed E-state index contributed by atoms with van der Waals surface area (Å²) in [5.74, 6) is -0.426. The monoisotopic (exact) mass is 486 g/mol. The number of morpholine rings is 1. The van der Waals surface area contributed by atoms with Crippen molar-refractivity contribution in [1.82, 2.24) is 19.2 Å². The number of hydrogen-bond donors (Lipinski definition) is 1. The smallest absolute Gasteiger partial charge is 0.252 e. The summed E-state index contributed by atoms with van der Waals surface area (Å²) in [6.07, 6.45) is 2.86. The average Bonchev–Trinajstić information content (AvgIpc) is 3.22. The predicted octanol–water partition coefficient (Wildman–Crippen LogP) is 2.88. The molecule has 1 aliphatic rings. The Labute approximate surface area is 198 Å². The zero-order chi connectivity index (χ0) is 24.5. The summed E-state index contributed by atoms with van der Waals surface area (Å²) >= 11 is 0. The Morgan fingerprint density at radius 3 is 2.50 bits per heavy atom. The summed E-state index contributed by atoms with van der Waals surface area (Å²) in [7, 11) is -2.04. The SMILES string of the molecule is C[C@@H]1CN(S(=O)(=O)c2cccc(C(=O)N[C@H](c3cccc(F)c3)c3nccn3C)c2)C[C@@H](C)O1. The van der Waals surface area contributed by atoms with Gasteiger partial charge >= 0.3 is 0 Å². The van der Waals surface area contributed by atoms with Crippen LogP contribution in [0.2, 0.25) is 0 Å². The highest BCUT2D eigenvalue weighted by Gasteiger charge is 2.32. The van der Waals surface area contributed by atoms with Crippen molar-refractivity contribution in [1.29, 1.82) is 0 Å². The summed E-state index contributed by atoms with van der Waals surface area (Å²) in [5.41, 5.74) is 0.689.